The molecule has 126 valence electrons. The second-order valence-corrected chi connectivity index (χ2v) is 11.7. The molecule has 0 aromatic carbocycles. The summed E-state index contributed by atoms with van der Waals surface area (Å²) in [5.41, 5.74) is -0.185. The minimum absolute atomic E-state index is 0.0143. The van der Waals surface area contributed by atoms with Crippen LogP contribution in [0.3, 0.4) is 0 Å². The maximum absolute atomic E-state index is 12.0. The molecule has 1 aromatic heterocycles. The number of nitrogens with one attached hydrogen (secondary N) is 1. The van der Waals surface area contributed by atoms with E-state index in [4.69, 9.17) is 14.4 Å². The van der Waals surface area contributed by atoms with Crippen molar-refractivity contribution in [2.24, 2.45) is 0 Å². The van der Waals surface area contributed by atoms with Crippen LogP contribution in [0.5, 0.6) is 0 Å². The molecule has 1 atom stereocenters. The van der Waals surface area contributed by atoms with Crippen LogP contribution >= 0.6 is 0 Å². The van der Waals surface area contributed by atoms with Crippen molar-refractivity contribution in [1.29, 1.82) is 5.26 Å². The number of methoxy groups -OCH3 is 1. The van der Waals surface area contributed by atoms with Crippen LogP contribution in [0.4, 0.5) is 0 Å². The number of carbonyl (C=O) groups is 1. The van der Waals surface area contributed by atoms with Crippen LogP contribution in [0.1, 0.15) is 55.4 Å². The summed E-state index contributed by atoms with van der Waals surface area (Å²) < 4.78 is 11.0. The van der Waals surface area contributed by atoms with E-state index in [0.29, 0.717) is 5.69 Å². The van der Waals surface area contributed by atoms with E-state index in [0.717, 1.165) is 0 Å². The highest BCUT2D eigenvalue weighted by Gasteiger charge is 2.39. The number of esters is 1. The molecule has 6 nitrogen and oxygen atoms in total. The molecule has 0 aliphatic rings. The molecular formula is C16H24N2O4Si. The summed E-state index contributed by atoms with van der Waals surface area (Å²) in [7, 11) is -0.845. The van der Waals surface area contributed by atoms with Gasteiger partial charge in [-0.3, -0.25) is 4.79 Å². The molecule has 1 unspecified atom stereocenters. The first-order valence-electron chi connectivity index (χ1n) is 7.38. The summed E-state index contributed by atoms with van der Waals surface area (Å²) in [5, 5.41) is 8.96. The normalized spacial score (nSPS) is 13.3. The molecule has 0 saturated carbocycles. The summed E-state index contributed by atoms with van der Waals surface area (Å²) in [4.78, 5) is 26.5. The maximum atomic E-state index is 12.0. The third-order valence-corrected chi connectivity index (χ3v) is 8.84. The van der Waals surface area contributed by atoms with Crippen LogP contribution < -0.4 is 5.56 Å². The predicted octanol–water partition coefficient (Wildman–Crippen LogP) is 3.12. The summed E-state index contributed by atoms with van der Waals surface area (Å²) in [6, 6.07) is 3.03. The van der Waals surface area contributed by atoms with Gasteiger partial charge in [-0.1, -0.05) is 20.8 Å². The van der Waals surface area contributed by atoms with Gasteiger partial charge in [0.25, 0.3) is 5.56 Å². The molecule has 7 heteroatoms. The van der Waals surface area contributed by atoms with Crippen molar-refractivity contribution in [2.75, 3.05) is 7.11 Å². The highest BCUT2D eigenvalue weighted by molar-refractivity contribution is 6.74. The second-order valence-electron chi connectivity index (χ2n) is 6.96. The van der Waals surface area contributed by atoms with Gasteiger partial charge in [0, 0.05) is 0 Å². The van der Waals surface area contributed by atoms with E-state index in [1.54, 1.807) is 13.0 Å². The van der Waals surface area contributed by atoms with Crippen LogP contribution in [0, 0.1) is 11.3 Å². The first-order chi connectivity index (χ1) is 10.4. The van der Waals surface area contributed by atoms with Crippen LogP contribution in [0.25, 0.3) is 0 Å². The minimum Gasteiger partial charge on any atom is -0.465 e. The van der Waals surface area contributed by atoms with Crippen LogP contribution in [0.2, 0.25) is 18.1 Å². The number of aromatic amines is 1. The van der Waals surface area contributed by atoms with Gasteiger partial charge in [-0.2, -0.15) is 5.26 Å². The number of carbonyl (C=O) groups excluding carboxylic acids is 1. The quantitative estimate of drug-likeness (QED) is 0.673. The smallest absolute Gasteiger partial charge is 0.339 e. The second kappa shape index (κ2) is 6.68. The average Bonchev–Trinajstić information content (AvgIpc) is 2.44. The summed E-state index contributed by atoms with van der Waals surface area (Å²) in [5.74, 6) is -0.613. The lowest BCUT2D eigenvalue weighted by Gasteiger charge is -2.38. The van der Waals surface area contributed by atoms with Gasteiger partial charge in [0.15, 0.2) is 8.32 Å². The molecular weight excluding hydrogens is 312 g/mol. The number of ether oxygens (including phenoxy) is 1. The van der Waals surface area contributed by atoms with E-state index in [9.17, 15) is 9.59 Å². The van der Waals surface area contributed by atoms with Crippen LogP contribution in [0.15, 0.2) is 10.9 Å². The van der Waals surface area contributed by atoms with Gasteiger partial charge >= 0.3 is 5.97 Å². The van der Waals surface area contributed by atoms with E-state index in [1.807, 2.05) is 0 Å². The number of pyridine rings is 1. The van der Waals surface area contributed by atoms with Gasteiger partial charge in [-0.25, -0.2) is 4.79 Å². The Morgan fingerprint density at radius 3 is 2.39 bits per heavy atom. The number of rotatable bonds is 4. The van der Waals surface area contributed by atoms with Crippen molar-refractivity contribution in [2.45, 2.75) is 51.9 Å². The lowest BCUT2D eigenvalue weighted by Crippen LogP contribution is -2.42. The van der Waals surface area contributed by atoms with Gasteiger partial charge in [-0.05, 0) is 31.1 Å². The van der Waals surface area contributed by atoms with E-state index in [2.05, 4.69) is 38.8 Å². The Labute approximate surface area is 137 Å². The third-order valence-electron chi connectivity index (χ3n) is 4.28. The zero-order valence-electron chi connectivity index (χ0n) is 14.7. The Morgan fingerprint density at radius 2 is 1.96 bits per heavy atom. The molecule has 1 aromatic rings. The fraction of sp³-hybridized carbons (Fsp3) is 0.562. The molecule has 0 spiro atoms. The molecule has 0 bridgehead atoms. The van der Waals surface area contributed by atoms with E-state index >= 15 is 0 Å². The van der Waals surface area contributed by atoms with Crippen molar-refractivity contribution in [3.05, 3.63) is 33.2 Å². The topological polar surface area (TPSA) is 92.2 Å². The fourth-order valence-electron chi connectivity index (χ4n) is 1.90. The molecule has 0 aliphatic heterocycles. The first kappa shape index (κ1) is 19.1. The molecule has 0 saturated heterocycles. The Morgan fingerprint density at radius 1 is 1.39 bits per heavy atom. The lowest BCUT2D eigenvalue weighted by molar-refractivity contribution is 0.0593. The number of H-pyrrole nitrogens is 1. The van der Waals surface area contributed by atoms with Crippen molar-refractivity contribution < 1.29 is 14.0 Å². The zero-order valence-corrected chi connectivity index (χ0v) is 15.7. The molecule has 0 fully saturated rings. The van der Waals surface area contributed by atoms with E-state index < -0.39 is 25.9 Å². The molecule has 1 heterocycles. The van der Waals surface area contributed by atoms with E-state index in [1.165, 1.54) is 13.2 Å². The summed E-state index contributed by atoms with van der Waals surface area (Å²) >= 11 is 0. The predicted molar refractivity (Wildman–Crippen MR) is 89.8 cm³/mol. The third kappa shape index (κ3) is 4.09. The maximum Gasteiger partial charge on any atom is 0.339 e. The average molecular weight is 336 g/mol. The highest BCUT2D eigenvalue weighted by Crippen LogP contribution is 2.39. The number of nitriles is 1. The van der Waals surface area contributed by atoms with Gasteiger partial charge in [-0.15, -0.1) is 0 Å². The number of hydrogen-bond acceptors (Lipinski definition) is 5. The van der Waals surface area contributed by atoms with Crippen LogP contribution in [-0.4, -0.2) is 26.4 Å². The number of aromatic nitrogens is 1. The van der Waals surface area contributed by atoms with Crippen molar-refractivity contribution in [1.82, 2.24) is 4.98 Å². The van der Waals surface area contributed by atoms with E-state index in [-0.39, 0.29) is 16.2 Å². The monoisotopic (exact) mass is 336 g/mol. The SMILES string of the molecule is COC(=O)c1cc(C#N)c(=O)[nH]c1C(C)O[Si](C)(C)C(C)(C)C. The van der Waals surface area contributed by atoms with Crippen molar-refractivity contribution in [3.8, 4) is 6.07 Å². The highest BCUT2D eigenvalue weighted by atomic mass is 28.4. The largest absolute Gasteiger partial charge is 0.465 e. The van der Waals surface area contributed by atoms with Crippen molar-refractivity contribution >= 4 is 14.3 Å². The van der Waals surface area contributed by atoms with Crippen LogP contribution in [-0.2, 0) is 9.16 Å². The van der Waals surface area contributed by atoms with Crippen molar-refractivity contribution in [3.63, 3.8) is 0 Å². The van der Waals surface area contributed by atoms with Gasteiger partial charge in [0.1, 0.15) is 11.6 Å². The summed E-state index contributed by atoms with van der Waals surface area (Å²) in [6.07, 6.45) is -0.495. The first-order valence-corrected chi connectivity index (χ1v) is 10.3. The number of hydrogen-bond donors (Lipinski definition) is 1. The Bertz CT molecular complexity index is 696. The van der Waals surface area contributed by atoms with Gasteiger partial charge in [0.2, 0.25) is 0 Å². The molecule has 0 radical (unpaired) electrons. The molecule has 0 amide bonds. The molecule has 1 N–H and O–H groups in total. The Balaban J connectivity index is 3.36. The Hall–Kier alpha value is -1.91. The minimum atomic E-state index is -2.10. The molecule has 1 rings (SSSR count). The molecule has 0 aliphatic carbocycles. The summed E-state index contributed by atoms with van der Waals surface area (Å²) in [6.45, 7) is 12.3. The number of nitrogens with zero attached hydrogens (tertiary/aromatic N) is 1. The van der Waals surface area contributed by atoms with Gasteiger partial charge < -0.3 is 14.1 Å². The van der Waals surface area contributed by atoms with Gasteiger partial charge in [0.05, 0.1) is 24.5 Å². The lowest BCUT2D eigenvalue weighted by atomic mass is 10.1. The zero-order chi connectivity index (χ0) is 18.0. The fourth-order valence-corrected chi connectivity index (χ4v) is 3.26. The Kier molecular flexibility index (Phi) is 5.56. The standard InChI is InChI=1S/C16H24N2O4Si/c1-10(22-23(6,7)16(2,3)4)13-12(15(20)21-5)8-11(9-17)14(19)18-13/h8,10H,1-7H3,(H,18,19). The molecule has 23 heavy (non-hydrogen) atoms.